The zero-order chi connectivity index (χ0) is 16.8. The van der Waals surface area contributed by atoms with Gasteiger partial charge in [-0.2, -0.15) is 0 Å². The molecule has 23 heavy (non-hydrogen) atoms. The molecule has 2 aromatic carbocycles. The minimum atomic E-state index is -0.0292. The van der Waals surface area contributed by atoms with Gasteiger partial charge in [0.1, 0.15) is 5.75 Å². The molecule has 0 saturated carbocycles. The van der Waals surface area contributed by atoms with E-state index in [0.717, 1.165) is 11.3 Å². The zero-order valence-electron chi connectivity index (χ0n) is 14.4. The number of aryl methyl sites for hydroxylation is 1. The molecule has 0 N–H and O–H groups in total. The van der Waals surface area contributed by atoms with Crippen molar-refractivity contribution in [2.24, 2.45) is 0 Å². The van der Waals surface area contributed by atoms with Crippen molar-refractivity contribution in [2.45, 2.75) is 33.2 Å². The van der Waals surface area contributed by atoms with Crippen molar-refractivity contribution >= 4 is 5.91 Å². The van der Waals surface area contributed by atoms with Crippen molar-refractivity contribution in [1.29, 1.82) is 0 Å². The lowest BCUT2D eigenvalue weighted by atomic mass is 10.0. The number of nitrogens with zero attached hydrogens (tertiary/aromatic N) is 1. The average molecular weight is 311 g/mol. The van der Waals surface area contributed by atoms with Gasteiger partial charge in [0.25, 0.3) is 5.91 Å². The normalized spacial score (nSPS) is 10.7. The lowest BCUT2D eigenvalue weighted by Crippen LogP contribution is -2.30. The zero-order valence-corrected chi connectivity index (χ0v) is 14.4. The molecular formula is C20H25NO2. The van der Waals surface area contributed by atoms with Crippen LogP contribution < -0.4 is 4.74 Å². The highest BCUT2D eigenvalue weighted by Crippen LogP contribution is 2.18. The van der Waals surface area contributed by atoms with E-state index in [9.17, 15) is 4.79 Å². The second-order valence-corrected chi connectivity index (χ2v) is 6.25. The maximum absolute atomic E-state index is 12.2. The smallest absolute Gasteiger partial charge is 0.260 e. The maximum Gasteiger partial charge on any atom is 0.260 e. The molecule has 0 bridgehead atoms. The highest BCUT2D eigenvalue weighted by Gasteiger charge is 2.10. The molecule has 2 aromatic rings. The van der Waals surface area contributed by atoms with Crippen molar-refractivity contribution in [1.82, 2.24) is 4.90 Å². The highest BCUT2D eigenvalue weighted by atomic mass is 16.5. The van der Waals surface area contributed by atoms with Gasteiger partial charge < -0.3 is 9.64 Å². The third-order valence-electron chi connectivity index (χ3n) is 3.88. The van der Waals surface area contributed by atoms with E-state index in [4.69, 9.17) is 4.74 Å². The molecule has 0 spiro atoms. The van der Waals surface area contributed by atoms with E-state index < -0.39 is 0 Å². The van der Waals surface area contributed by atoms with E-state index in [2.05, 4.69) is 32.9 Å². The van der Waals surface area contributed by atoms with Crippen molar-refractivity contribution in [3.05, 3.63) is 65.2 Å². The van der Waals surface area contributed by atoms with Gasteiger partial charge in [-0.3, -0.25) is 4.79 Å². The highest BCUT2D eigenvalue weighted by molar-refractivity contribution is 5.77. The SMILES string of the molecule is Cc1ccc(CN(C)C(=O)COc2ccc(C(C)C)cc2)cc1. The summed E-state index contributed by atoms with van der Waals surface area (Å²) in [6, 6.07) is 16.1. The topological polar surface area (TPSA) is 29.5 Å². The van der Waals surface area contributed by atoms with Gasteiger partial charge in [0, 0.05) is 13.6 Å². The molecule has 0 saturated heterocycles. The van der Waals surface area contributed by atoms with Crippen LogP contribution in [0.15, 0.2) is 48.5 Å². The molecule has 122 valence electrons. The molecule has 3 heteroatoms. The lowest BCUT2D eigenvalue weighted by molar-refractivity contribution is -0.132. The molecule has 0 aliphatic carbocycles. The van der Waals surface area contributed by atoms with Gasteiger partial charge in [0.05, 0.1) is 0 Å². The molecule has 0 aliphatic heterocycles. The van der Waals surface area contributed by atoms with Gasteiger partial charge in [-0.25, -0.2) is 0 Å². The summed E-state index contributed by atoms with van der Waals surface area (Å²) in [6.45, 7) is 7.01. The number of hydrogen-bond acceptors (Lipinski definition) is 2. The van der Waals surface area contributed by atoms with E-state index in [-0.39, 0.29) is 12.5 Å². The summed E-state index contributed by atoms with van der Waals surface area (Å²) in [5.41, 5.74) is 3.60. The summed E-state index contributed by atoms with van der Waals surface area (Å²) in [5, 5.41) is 0. The summed E-state index contributed by atoms with van der Waals surface area (Å²) < 4.78 is 5.59. The first-order valence-electron chi connectivity index (χ1n) is 7.98. The summed E-state index contributed by atoms with van der Waals surface area (Å²) in [5.74, 6) is 1.19. The number of amides is 1. The molecule has 1 amide bonds. The van der Waals surface area contributed by atoms with E-state index in [0.29, 0.717) is 12.5 Å². The molecule has 0 heterocycles. The van der Waals surface area contributed by atoms with Gasteiger partial charge in [-0.05, 0) is 36.1 Å². The van der Waals surface area contributed by atoms with Gasteiger partial charge in [0.15, 0.2) is 6.61 Å². The molecule has 0 aromatic heterocycles. The maximum atomic E-state index is 12.2. The quantitative estimate of drug-likeness (QED) is 0.802. The van der Waals surface area contributed by atoms with Crippen LogP contribution in [0.25, 0.3) is 0 Å². The Labute approximate surface area is 138 Å². The predicted molar refractivity (Wildman–Crippen MR) is 93.7 cm³/mol. The van der Waals surface area contributed by atoms with Crippen LogP contribution in [0.3, 0.4) is 0 Å². The summed E-state index contributed by atoms with van der Waals surface area (Å²) >= 11 is 0. The molecular weight excluding hydrogens is 286 g/mol. The first-order valence-corrected chi connectivity index (χ1v) is 7.98. The second-order valence-electron chi connectivity index (χ2n) is 6.25. The van der Waals surface area contributed by atoms with Crippen molar-refractivity contribution < 1.29 is 9.53 Å². The Kier molecular flexibility index (Phi) is 5.80. The monoisotopic (exact) mass is 311 g/mol. The molecule has 3 nitrogen and oxygen atoms in total. The number of rotatable bonds is 6. The van der Waals surface area contributed by atoms with Gasteiger partial charge >= 0.3 is 0 Å². The molecule has 0 fully saturated rings. The number of benzene rings is 2. The predicted octanol–water partition coefficient (Wildman–Crippen LogP) is 4.16. The molecule has 2 rings (SSSR count). The number of ether oxygens (including phenoxy) is 1. The van der Waals surface area contributed by atoms with Crippen LogP contribution in [0.2, 0.25) is 0 Å². The van der Waals surface area contributed by atoms with Crippen LogP contribution in [0.4, 0.5) is 0 Å². The average Bonchev–Trinajstić information content (AvgIpc) is 2.55. The van der Waals surface area contributed by atoms with Crippen molar-refractivity contribution in [2.75, 3.05) is 13.7 Å². The van der Waals surface area contributed by atoms with Gasteiger partial charge in [-0.15, -0.1) is 0 Å². The number of carbonyl (C=O) groups is 1. The van der Waals surface area contributed by atoms with Crippen LogP contribution in [-0.4, -0.2) is 24.5 Å². The summed E-state index contributed by atoms with van der Waals surface area (Å²) in [7, 11) is 1.80. The number of carbonyl (C=O) groups excluding carboxylic acids is 1. The van der Waals surface area contributed by atoms with Crippen molar-refractivity contribution in [3.8, 4) is 5.75 Å². The Hall–Kier alpha value is -2.29. The Morgan fingerprint density at radius 1 is 1.04 bits per heavy atom. The van der Waals surface area contributed by atoms with Crippen LogP contribution >= 0.6 is 0 Å². The van der Waals surface area contributed by atoms with Gasteiger partial charge in [0.2, 0.25) is 0 Å². The van der Waals surface area contributed by atoms with E-state index in [1.54, 1.807) is 11.9 Å². The van der Waals surface area contributed by atoms with Crippen LogP contribution in [0.5, 0.6) is 5.75 Å². The lowest BCUT2D eigenvalue weighted by Gasteiger charge is -2.18. The fourth-order valence-corrected chi connectivity index (χ4v) is 2.26. The molecule has 0 unspecified atom stereocenters. The standard InChI is InChI=1S/C20H25NO2/c1-15(2)18-9-11-19(12-10-18)23-14-20(22)21(4)13-17-7-5-16(3)6-8-17/h5-12,15H,13-14H2,1-4H3. The van der Waals surface area contributed by atoms with E-state index in [1.165, 1.54) is 11.1 Å². The second kappa shape index (κ2) is 7.82. The van der Waals surface area contributed by atoms with Crippen LogP contribution in [0, 0.1) is 6.92 Å². The first kappa shape index (κ1) is 17.1. The molecule has 0 radical (unpaired) electrons. The van der Waals surface area contributed by atoms with E-state index in [1.807, 2.05) is 36.4 Å². The van der Waals surface area contributed by atoms with Crippen molar-refractivity contribution in [3.63, 3.8) is 0 Å². The first-order chi connectivity index (χ1) is 11.0. The minimum Gasteiger partial charge on any atom is -0.484 e. The van der Waals surface area contributed by atoms with Crippen LogP contribution in [-0.2, 0) is 11.3 Å². The third kappa shape index (κ3) is 5.13. The Bertz CT molecular complexity index is 630. The number of likely N-dealkylation sites (N-methyl/N-ethyl adjacent to an activating group) is 1. The minimum absolute atomic E-state index is 0.0292. The van der Waals surface area contributed by atoms with E-state index >= 15 is 0 Å². The van der Waals surface area contributed by atoms with Gasteiger partial charge in [-0.1, -0.05) is 55.8 Å². The van der Waals surface area contributed by atoms with Crippen LogP contribution in [0.1, 0.15) is 36.5 Å². The Morgan fingerprint density at radius 3 is 2.22 bits per heavy atom. The Balaban J connectivity index is 1.84. The molecule has 0 aliphatic rings. The fourth-order valence-electron chi connectivity index (χ4n) is 2.26. The fraction of sp³-hybridized carbons (Fsp3) is 0.350. The third-order valence-corrected chi connectivity index (χ3v) is 3.88. The summed E-state index contributed by atoms with van der Waals surface area (Å²) in [4.78, 5) is 13.9. The number of hydrogen-bond donors (Lipinski definition) is 0. The summed E-state index contributed by atoms with van der Waals surface area (Å²) in [6.07, 6.45) is 0. The largest absolute Gasteiger partial charge is 0.484 e. The molecule has 0 atom stereocenters. The Morgan fingerprint density at radius 2 is 1.65 bits per heavy atom.